The monoisotopic (exact) mass is 1290 g/mol. The Bertz CT molecular complexity index is 2720. The molecule has 0 amide bonds. The summed E-state index contributed by atoms with van der Waals surface area (Å²) in [5, 5.41) is 114. The molecule has 2 aromatic rings. The van der Waals surface area contributed by atoms with Crippen LogP contribution in [0, 0.1) is 16.4 Å². The lowest BCUT2D eigenvalue weighted by Gasteiger charge is -2.54. The number of carbonyl (C=O) groups is 2. The normalized spacial score (nSPS) is 40.1. The van der Waals surface area contributed by atoms with Crippen LogP contribution in [0.2, 0.25) is 0 Å². The quantitative estimate of drug-likeness (QED) is 0.112. The molecule has 6 aliphatic rings. The zero-order chi connectivity index (χ0) is 62.0. The van der Waals surface area contributed by atoms with Gasteiger partial charge < -0.3 is 103 Å². The maximum absolute atomic E-state index is 15.4. The molecule has 2 aromatic carbocycles. The first-order chi connectivity index (χ1) is 38.0. The van der Waals surface area contributed by atoms with Crippen LogP contribution in [0.1, 0.15) is 157 Å². The molecule has 0 bridgehead atoms. The van der Waals surface area contributed by atoms with Crippen LogP contribution < -0.4 is 4.74 Å². The lowest BCUT2D eigenvalue weighted by molar-refractivity contribution is -0.379. The Hall–Kier alpha value is -2.55. The number of hydrogen-bond donors (Lipinski definition) is 10. The van der Waals surface area contributed by atoms with Crippen LogP contribution in [-0.2, 0) is 58.6 Å². The highest BCUT2D eigenvalue weighted by atomic mass is 127. The maximum Gasteiger partial charge on any atom is 0.203 e. The standard InChI is InChI=1S/C59H89IO23/c1-25(61)17-30(62)47(73-16)29-18-27-42(45(66)41-28(43(27)60)19-32(26(2)44(41)65)74-37-21-33(49(68)52(3,4)79-37)75-38-22-34(64)58(14,71)55(9,10)82-38)46(67)48(29)77-39-23-35(59(15,72)56(11,12)83-39)76-36-20-31(63)50(53(5,6)80-36)78-40-24-57(13,70)51(69)54(7,8)81-40/h19,25,29,31,33-40,47-51,61,63-66,68-72H,17-18,20-24H2,1-16H3. The first kappa shape index (κ1) is 66.4. The largest absolute Gasteiger partial charge is 0.507 e. The Morgan fingerprint density at radius 2 is 1.30 bits per heavy atom. The molecule has 0 radical (unpaired) electrons. The van der Waals surface area contributed by atoms with E-state index in [-0.39, 0.29) is 72.6 Å². The van der Waals surface area contributed by atoms with Gasteiger partial charge in [-0.15, -0.1) is 0 Å². The third-order valence-electron chi connectivity index (χ3n) is 18.6. The highest BCUT2D eigenvalue weighted by Crippen LogP contribution is 2.51. The van der Waals surface area contributed by atoms with Gasteiger partial charge in [0.05, 0.1) is 75.1 Å². The van der Waals surface area contributed by atoms with Crippen LogP contribution in [0.3, 0.4) is 0 Å². The molecule has 8 rings (SSSR count). The second-order valence-corrected chi connectivity index (χ2v) is 28.1. The first-order valence-corrected chi connectivity index (χ1v) is 29.6. The molecule has 83 heavy (non-hydrogen) atoms. The molecule has 470 valence electrons. The molecule has 5 aliphatic heterocycles. The average Bonchev–Trinajstić information content (AvgIpc) is 1.17. The lowest BCUT2D eigenvalue weighted by atomic mass is 9.75. The molecule has 0 saturated carbocycles. The van der Waals surface area contributed by atoms with Gasteiger partial charge in [-0.3, -0.25) is 9.59 Å². The fourth-order valence-electron chi connectivity index (χ4n) is 12.9. The molecule has 5 fully saturated rings. The molecule has 1 aliphatic carbocycles. The number of fused-ring (bicyclic) bond motifs is 2. The Morgan fingerprint density at radius 3 is 1.88 bits per heavy atom. The minimum Gasteiger partial charge on any atom is -0.507 e. The Kier molecular flexibility index (Phi) is 18.5. The van der Waals surface area contributed by atoms with Gasteiger partial charge in [0.1, 0.15) is 59.0 Å². The van der Waals surface area contributed by atoms with E-state index in [4.69, 9.17) is 52.1 Å². The van der Waals surface area contributed by atoms with Crippen LogP contribution in [-0.4, -0.2) is 207 Å². The summed E-state index contributed by atoms with van der Waals surface area (Å²) in [5.74, 6) is -3.34. The predicted octanol–water partition coefficient (Wildman–Crippen LogP) is 4.12. The number of aliphatic hydroxyl groups is 8. The number of phenolic OH excluding ortho intramolecular Hbond substituents is 2. The van der Waals surface area contributed by atoms with Crippen molar-refractivity contribution in [3.63, 3.8) is 0 Å². The summed E-state index contributed by atoms with van der Waals surface area (Å²) < 4.78 is 69.8. The molecule has 5 heterocycles. The van der Waals surface area contributed by atoms with E-state index in [9.17, 15) is 55.9 Å². The van der Waals surface area contributed by atoms with E-state index in [0.29, 0.717) is 9.13 Å². The van der Waals surface area contributed by atoms with Crippen LogP contribution >= 0.6 is 22.6 Å². The maximum atomic E-state index is 15.4. The van der Waals surface area contributed by atoms with Gasteiger partial charge in [0.15, 0.2) is 36.7 Å². The van der Waals surface area contributed by atoms with Gasteiger partial charge in [-0.1, -0.05) is 0 Å². The van der Waals surface area contributed by atoms with Gasteiger partial charge in [0.2, 0.25) is 6.29 Å². The van der Waals surface area contributed by atoms with Gasteiger partial charge in [0, 0.05) is 66.1 Å². The lowest BCUT2D eigenvalue weighted by Crippen LogP contribution is -2.66. The smallest absolute Gasteiger partial charge is 0.203 e. The number of Topliss-reactive ketones (excluding diaryl/α,β-unsaturated/α-hetero) is 2. The van der Waals surface area contributed by atoms with Gasteiger partial charge >= 0.3 is 0 Å². The number of aromatic hydroxyl groups is 2. The van der Waals surface area contributed by atoms with Crippen molar-refractivity contribution in [2.24, 2.45) is 5.92 Å². The Balaban J connectivity index is 1.07. The second-order valence-electron chi connectivity index (χ2n) is 27.0. The number of ether oxygens (including phenoxy) is 11. The van der Waals surface area contributed by atoms with Gasteiger partial charge in [-0.05, 0) is 144 Å². The van der Waals surface area contributed by atoms with Gasteiger partial charge in [-0.2, -0.15) is 0 Å². The molecule has 24 heteroatoms. The zero-order valence-electron chi connectivity index (χ0n) is 50.4. The van der Waals surface area contributed by atoms with E-state index in [1.807, 2.05) is 22.6 Å². The summed E-state index contributed by atoms with van der Waals surface area (Å²) in [6.07, 6.45) is -18.7. The number of ketones is 2. The molecule has 0 spiro atoms. The van der Waals surface area contributed by atoms with Crippen molar-refractivity contribution in [2.45, 2.75) is 286 Å². The van der Waals surface area contributed by atoms with Crippen molar-refractivity contribution in [2.75, 3.05) is 7.11 Å². The number of aliphatic hydroxyl groups excluding tert-OH is 5. The second kappa shape index (κ2) is 23.1. The molecular formula is C59H89IO23. The van der Waals surface area contributed by atoms with Crippen molar-refractivity contribution in [1.82, 2.24) is 0 Å². The van der Waals surface area contributed by atoms with E-state index in [0.717, 1.165) is 0 Å². The molecule has 10 N–H and O–H groups in total. The topological polar surface area (TPSA) is 338 Å². The molecular weight excluding hydrogens is 1200 g/mol. The zero-order valence-corrected chi connectivity index (χ0v) is 52.6. The highest BCUT2D eigenvalue weighted by molar-refractivity contribution is 14.1. The summed E-state index contributed by atoms with van der Waals surface area (Å²) in [7, 11) is 1.29. The number of rotatable bonds is 15. The van der Waals surface area contributed by atoms with Crippen molar-refractivity contribution in [3.05, 3.63) is 26.3 Å². The van der Waals surface area contributed by atoms with Crippen LogP contribution in [0.4, 0.5) is 0 Å². The molecule has 0 aromatic heterocycles. The van der Waals surface area contributed by atoms with Gasteiger partial charge in [-0.25, -0.2) is 0 Å². The van der Waals surface area contributed by atoms with Crippen molar-refractivity contribution < 1.29 is 113 Å². The van der Waals surface area contributed by atoms with E-state index in [1.54, 1.807) is 82.2 Å². The SMILES string of the molecule is COC(C(=O)CC(C)O)C1Cc2c(c(O)c3c(O)c(C)c(OC4CC(OC5CC(O)C(C)(O)C(C)(C)O5)C(O)C(C)(C)O4)cc3c2I)C(=O)C1OC1CC(OC2CC(O)C(OC3CC(C)(O)C(O)C(C)(C)O3)C(C)(C)O2)C(C)(O)C(C)(C)O1. The fraction of sp³-hybridized carbons (Fsp3) is 0.797. The number of halogens is 1. The van der Waals surface area contributed by atoms with Crippen molar-refractivity contribution >= 4 is 44.9 Å². The Morgan fingerprint density at radius 1 is 0.723 bits per heavy atom. The van der Waals surface area contributed by atoms with Crippen LogP contribution in [0.15, 0.2) is 6.07 Å². The fourth-order valence-corrected chi connectivity index (χ4v) is 13.8. The summed E-state index contributed by atoms with van der Waals surface area (Å²) in [6.45, 7) is 23.8. The highest BCUT2D eigenvalue weighted by Gasteiger charge is 2.59. The minimum atomic E-state index is -1.77. The van der Waals surface area contributed by atoms with E-state index in [1.165, 1.54) is 34.8 Å². The summed E-state index contributed by atoms with van der Waals surface area (Å²) >= 11 is 2.01. The molecule has 5 saturated heterocycles. The Labute approximate surface area is 498 Å². The summed E-state index contributed by atoms with van der Waals surface area (Å²) in [6, 6.07) is 1.58. The molecule has 19 atom stereocenters. The third-order valence-corrected chi connectivity index (χ3v) is 19.8. The average molecular weight is 1290 g/mol. The van der Waals surface area contributed by atoms with E-state index >= 15 is 4.79 Å². The molecule has 23 nitrogen and oxygen atoms in total. The van der Waals surface area contributed by atoms with Crippen molar-refractivity contribution in [3.8, 4) is 17.2 Å². The van der Waals surface area contributed by atoms with Crippen LogP contribution in [0.5, 0.6) is 17.2 Å². The van der Waals surface area contributed by atoms with Crippen molar-refractivity contribution in [1.29, 1.82) is 0 Å². The number of carbonyl (C=O) groups excluding carboxylic acids is 2. The van der Waals surface area contributed by atoms with Gasteiger partial charge in [0.25, 0.3) is 0 Å². The number of methoxy groups -OCH3 is 1. The number of hydrogen-bond acceptors (Lipinski definition) is 23. The first-order valence-electron chi connectivity index (χ1n) is 28.5. The third kappa shape index (κ3) is 12.5. The number of benzene rings is 2. The molecule has 19 unspecified atom stereocenters. The minimum absolute atomic E-state index is 0.0499. The summed E-state index contributed by atoms with van der Waals surface area (Å²) in [4.78, 5) is 29.4. The van der Waals surface area contributed by atoms with E-state index < -0.39 is 166 Å². The van der Waals surface area contributed by atoms with E-state index in [2.05, 4.69) is 0 Å². The predicted molar refractivity (Wildman–Crippen MR) is 302 cm³/mol. The summed E-state index contributed by atoms with van der Waals surface area (Å²) in [5.41, 5.74) is -11.0. The van der Waals surface area contributed by atoms with Crippen LogP contribution in [0.25, 0.3) is 10.8 Å². The number of phenols is 2.